The minimum absolute atomic E-state index is 0.292. The van der Waals surface area contributed by atoms with E-state index < -0.39 is 5.54 Å². The van der Waals surface area contributed by atoms with Crippen LogP contribution in [0.25, 0.3) is 0 Å². The number of hydrogen-bond donors (Lipinski definition) is 2. The van der Waals surface area contributed by atoms with Gasteiger partial charge in [0, 0.05) is 12.2 Å². The van der Waals surface area contributed by atoms with Crippen molar-refractivity contribution in [2.45, 2.75) is 65.5 Å². The van der Waals surface area contributed by atoms with E-state index in [2.05, 4.69) is 35.9 Å². The Morgan fingerprint density at radius 1 is 1.40 bits per heavy atom. The maximum atomic E-state index is 11.4. The summed E-state index contributed by atoms with van der Waals surface area (Å²) in [6.07, 6.45) is 3.71. The smallest absolute Gasteiger partial charge is 0.237 e. The van der Waals surface area contributed by atoms with Gasteiger partial charge in [-0.2, -0.15) is 5.10 Å². The number of primary amides is 1. The van der Waals surface area contributed by atoms with Crippen LogP contribution in [0.15, 0.2) is 0 Å². The first kappa shape index (κ1) is 16.7. The van der Waals surface area contributed by atoms with E-state index in [9.17, 15) is 4.79 Å². The molecule has 1 rings (SSSR count). The lowest BCUT2D eigenvalue weighted by Gasteiger charge is -2.25. The van der Waals surface area contributed by atoms with E-state index in [0.29, 0.717) is 0 Å². The van der Waals surface area contributed by atoms with Gasteiger partial charge in [-0.1, -0.05) is 6.92 Å². The zero-order valence-corrected chi connectivity index (χ0v) is 13.4. The number of nitrogens with one attached hydrogen (secondary N) is 1. The molecule has 3 N–H and O–H groups in total. The third kappa shape index (κ3) is 3.60. The number of likely N-dealkylation sites (N-methyl/N-ethyl adjacent to an activating group) is 1. The molecular formula is C15H28N4O. The Morgan fingerprint density at radius 2 is 2.05 bits per heavy atom. The van der Waals surface area contributed by atoms with E-state index in [4.69, 9.17) is 5.73 Å². The Hall–Kier alpha value is -1.36. The molecule has 0 fully saturated rings. The number of amides is 1. The lowest BCUT2D eigenvalue weighted by Crippen LogP contribution is -2.51. The van der Waals surface area contributed by atoms with Gasteiger partial charge in [0.2, 0.25) is 5.91 Å². The highest BCUT2D eigenvalue weighted by atomic mass is 16.1. The van der Waals surface area contributed by atoms with Crippen LogP contribution in [0.5, 0.6) is 0 Å². The summed E-state index contributed by atoms with van der Waals surface area (Å²) in [6, 6.07) is 0. The number of aromatic nitrogens is 2. The molecule has 1 aromatic rings. The van der Waals surface area contributed by atoms with Crippen molar-refractivity contribution in [3.63, 3.8) is 0 Å². The molecule has 5 nitrogen and oxygen atoms in total. The van der Waals surface area contributed by atoms with E-state index in [0.717, 1.165) is 37.9 Å². The molecule has 1 unspecified atom stereocenters. The van der Waals surface area contributed by atoms with Gasteiger partial charge in [-0.3, -0.25) is 9.48 Å². The molecule has 1 heterocycles. The molecule has 0 aliphatic carbocycles. The summed E-state index contributed by atoms with van der Waals surface area (Å²) < 4.78 is 2.08. The van der Waals surface area contributed by atoms with E-state index >= 15 is 0 Å². The fourth-order valence-corrected chi connectivity index (χ4v) is 2.57. The van der Waals surface area contributed by atoms with Crippen molar-refractivity contribution in [3.8, 4) is 0 Å². The average Bonchev–Trinajstić information content (AvgIpc) is 2.68. The SMILES string of the molecule is CCc1c(C)nn(CCCCC(C)(NC)C(N)=O)c1C. The van der Waals surface area contributed by atoms with Crippen LogP contribution in [0.1, 0.15) is 50.1 Å². The summed E-state index contributed by atoms with van der Waals surface area (Å²) in [5.74, 6) is -0.292. The summed E-state index contributed by atoms with van der Waals surface area (Å²) in [5.41, 5.74) is 8.55. The number of nitrogens with two attached hydrogens (primary N) is 1. The lowest BCUT2D eigenvalue weighted by molar-refractivity contribution is -0.123. The van der Waals surface area contributed by atoms with Crippen molar-refractivity contribution in [2.24, 2.45) is 5.73 Å². The number of unbranched alkanes of at least 4 members (excludes halogenated alkanes) is 1. The van der Waals surface area contributed by atoms with Crippen molar-refractivity contribution >= 4 is 5.91 Å². The summed E-state index contributed by atoms with van der Waals surface area (Å²) in [5, 5.41) is 7.59. The number of hydrogen-bond acceptors (Lipinski definition) is 3. The van der Waals surface area contributed by atoms with Gasteiger partial charge >= 0.3 is 0 Å². The second kappa shape index (κ2) is 6.88. The van der Waals surface area contributed by atoms with Gasteiger partial charge in [-0.15, -0.1) is 0 Å². The molecule has 5 heteroatoms. The third-order valence-electron chi connectivity index (χ3n) is 4.28. The van der Waals surface area contributed by atoms with Crippen LogP contribution >= 0.6 is 0 Å². The van der Waals surface area contributed by atoms with Crippen LogP contribution in [-0.2, 0) is 17.8 Å². The quantitative estimate of drug-likeness (QED) is 0.712. The van der Waals surface area contributed by atoms with Gasteiger partial charge < -0.3 is 11.1 Å². The highest BCUT2D eigenvalue weighted by molar-refractivity contribution is 5.84. The maximum absolute atomic E-state index is 11.4. The van der Waals surface area contributed by atoms with Gasteiger partial charge in [0.15, 0.2) is 0 Å². The van der Waals surface area contributed by atoms with Gasteiger partial charge in [0.1, 0.15) is 0 Å². The number of carbonyl (C=O) groups is 1. The molecule has 114 valence electrons. The van der Waals surface area contributed by atoms with Crippen LogP contribution < -0.4 is 11.1 Å². The summed E-state index contributed by atoms with van der Waals surface area (Å²) >= 11 is 0. The second-order valence-corrected chi connectivity index (χ2v) is 5.63. The molecule has 0 aliphatic heterocycles. The summed E-state index contributed by atoms with van der Waals surface area (Å²) in [4.78, 5) is 11.4. The normalized spacial score (nSPS) is 14.2. The van der Waals surface area contributed by atoms with E-state index in [1.54, 1.807) is 7.05 Å². The van der Waals surface area contributed by atoms with E-state index in [1.165, 1.54) is 11.3 Å². The Morgan fingerprint density at radius 3 is 2.50 bits per heavy atom. The van der Waals surface area contributed by atoms with E-state index in [1.807, 2.05) is 6.92 Å². The standard InChI is InChI=1S/C15H28N4O/c1-6-13-11(2)18-19(12(13)3)10-8-7-9-15(4,17-5)14(16)20/h17H,6-10H2,1-5H3,(H2,16,20). The largest absolute Gasteiger partial charge is 0.368 e. The zero-order chi connectivity index (χ0) is 15.3. The minimum atomic E-state index is -0.607. The highest BCUT2D eigenvalue weighted by Gasteiger charge is 2.27. The van der Waals surface area contributed by atoms with Gasteiger partial charge in [-0.25, -0.2) is 0 Å². The van der Waals surface area contributed by atoms with Crippen molar-refractivity contribution in [3.05, 3.63) is 17.0 Å². The van der Waals surface area contributed by atoms with Gasteiger partial charge in [0.25, 0.3) is 0 Å². The number of rotatable bonds is 8. The molecule has 1 atom stereocenters. The molecule has 1 aromatic heterocycles. The van der Waals surface area contributed by atoms with Crippen molar-refractivity contribution in [1.82, 2.24) is 15.1 Å². The topological polar surface area (TPSA) is 72.9 Å². The first-order valence-corrected chi connectivity index (χ1v) is 7.37. The number of aryl methyl sites for hydroxylation is 2. The molecular weight excluding hydrogens is 252 g/mol. The van der Waals surface area contributed by atoms with Crippen LogP contribution in [0, 0.1) is 13.8 Å². The van der Waals surface area contributed by atoms with Crippen LogP contribution in [0.2, 0.25) is 0 Å². The molecule has 0 radical (unpaired) electrons. The molecule has 0 aliphatic rings. The Kier molecular flexibility index (Phi) is 5.74. The molecule has 0 aromatic carbocycles. The predicted octanol–water partition coefficient (Wildman–Crippen LogP) is 1.70. The van der Waals surface area contributed by atoms with Gasteiger partial charge in [0.05, 0.1) is 11.2 Å². The van der Waals surface area contributed by atoms with E-state index in [-0.39, 0.29) is 5.91 Å². The molecule has 0 spiro atoms. The monoisotopic (exact) mass is 280 g/mol. The first-order valence-electron chi connectivity index (χ1n) is 7.37. The zero-order valence-electron chi connectivity index (χ0n) is 13.4. The molecule has 0 saturated heterocycles. The number of carbonyl (C=O) groups excluding carboxylic acids is 1. The van der Waals surface area contributed by atoms with Crippen LogP contribution in [0.3, 0.4) is 0 Å². The maximum Gasteiger partial charge on any atom is 0.237 e. The minimum Gasteiger partial charge on any atom is -0.368 e. The first-order chi connectivity index (χ1) is 9.35. The molecule has 0 saturated carbocycles. The summed E-state index contributed by atoms with van der Waals surface area (Å²) in [7, 11) is 1.78. The van der Waals surface area contributed by atoms with Crippen molar-refractivity contribution < 1.29 is 4.79 Å². The third-order valence-corrected chi connectivity index (χ3v) is 4.28. The predicted molar refractivity (Wildman–Crippen MR) is 81.6 cm³/mol. The fourth-order valence-electron chi connectivity index (χ4n) is 2.57. The van der Waals surface area contributed by atoms with Crippen molar-refractivity contribution in [2.75, 3.05) is 7.05 Å². The average molecular weight is 280 g/mol. The lowest BCUT2D eigenvalue weighted by atomic mass is 9.94. The Balaban J connectivity index is 2.52. The fraction of sp³-hybridized carbons (Fsp3) is 0.733. The van der Waals surface area contributed by atoms with Crippen LogP contribution in [0.4, 0.5) is 0 Å². The summed E-state index contributed by atoms with van der Waals surface area (Å²) in [6.45, 7) is 9.10. The Bertz CT molecular complexity index is 467. The second-order valence-electron chi connectivity index (χ2n) is 5.63. The molecule has 1 amide bonds. The van der Waals surface area contributed by atoms with Crippen molar-refractivity contribution in [1.29, 1.82) is 0 Å². The Labute approximate surface area is 121 Å². The molecule has 0 bridgehead atoms. The number of nitrogens with zero attached hydrogens (tertiary/aromatic N) is 2. The molecule has 20 heavy (non-hydrogen) atoms. The van der Waals surface area contributed by atoms with Crippen LogP contribution in [-0.4, -0.2) is 28.3 Å². The highest BCUT2D eigenvalue weighted by Crippen LogP contribution is 2.16. The van der Waals surface area contributed by atoms with Gasteiger partial charge in [-0.05, 0) is 59.1 Å².